The van der Waals surface area contributed by atoms with E-state index in [1.54, 1.807) is 0 Å². The quantitative estimate of drug-likeness (QED) is 0.833. The third-order valence-corrected chi connectivity index (χ3v) is 3.40. The van der Waals surface area contributed by atoms with Gasteiger partial charge in [-0.1, -0.05) is 18.2 Å². The van der Waals surface area contributed by atoms with Crippen LogP contribution in [0.25, 0.3) is 10.9 Å². The van der Waals surface area contributed by atoms with E-state index >= 15 is 0 Å². The molecule has 1 saturated carbocycles. The van der Waals surface area contributed by atoms with Gasteiger partial charge in [-0.25, -0.2) is 0 Å². The smallest absolute Gasteiger partial charge is 0.0485 e. The van der Waals surface area contributed by atoms with E-state index in [0.29, 0.717) is 0 Å². The van der Waals surface area contributed by atoms with Crippen molar-refractivity contribution in [2.24, 2.45) is 5.92 Å². The van der Waals surface area contributed by atoms with Crippen LogP contribution in [0.1, 0.15) is 18.5 Å². The Labute approximate surface area is 95.5 Å². The van der Waals surface area contributed by atoms with E-state index in [0.717, 1.165) is 18.9 Å². The molecule has 0 unspecified atom stereocenters. The van der Waals surface area contributed by atoms with Crippen molar-refractivity contribution in [1.82, 2.24) is 4.57 Å². The molecule has 16 heavy (non-hydrogen) atoms. The first-order chi connectivity index (χ1) is 7.88. The van der Waals surface area contributed by atoms with Gasteiger partial charge in [0, 0.05) is 30.8 Å². The number of fused-ring (bicyclic) bond motifs is 1. The van der Waals surface area contributed by atoms with Crippen LogP contribution in [0.15, 0.2) is 30.3 Å². The molecule has 0 aliphatic heterocycles. The molecule has 3 rings (SSSR count). The molecule has 1 aromatic heterocycles. The molecule has 1 heterocycles. The van der Waals surface area contributed by atoms with Gasteiger partial charge in [0.05, 0.1) is 0 Å². The van der Waals surface area contributed by atoms with E-state index in [1.807, 2.05) is 0 Å². The lowest BCUT2D eigenvalue weighted by molar-refractivity contribution is 0.296. The van der Waals surface area contributed by atoms with E-state index in [2.05, 4.69) is 34.9 Å². The molecule has 2 heteroatoms. The number of benzene rings is 1. The van der Waals surface area contributed by atoms with Crippen molar-refractivity contribution in [3.63, 3.8) is 0 Å². The summed E-state index contributed by atoms with van der Waals surface area (Å²) in [5.74, 6) is 0.869. The van der Waals surface area contributed by atoms with Crippen molar-refractivity contribution in [2.45, 2.75) is 25.8 Å². The van der Waals surface area contributed by atoms with Crippen LogP contribution < -0.4 is 0 Å². The Morgan fingerprint density at radius 3 is 2.81 bits per heavy atom. The predicted octanol–water partition coefficient (Wildman–Crippen LogP) is 2.59. The summed E-state index contributed by atoms with van der Waals surface area (Å²) in [5, 5.41) is 10.4. The first kappa shape index (κ1) is 9.91. The molecule has 0 atom stereocenters. The third kappa shape index (κ3) is 1.74. The van der Waals surface area contributed by atoms with E-state index in [4.69, 9.17) is 5.11 Å². The van der Waals surface area contributed by atoms with Crippen LogP contribution in [0.4, 0.5) is 0 Å². The van der Waals surface area contributed by atoms with Crippen LogP contribution >= 0.6 is 0 Å². The van der Waals surface area contributed by atoms with Crippen LogP contribution in [-0.4, -0.2) is 16.3 Å². The lowest BCUT2D eigenvalue weighted by atomic mass is 10.2. The first-order valence-corrected chi connectivity index (χ1v) is 6.06. The Kier molecular flexibility index (Phi) is 2.44. The Morgan fingerprint density at radius 2 is 2.06 bits per heavy atom. The molecular weight excluding hydrogens is 198 g/mol. The number of aliphatic hydroxyl groups is 1. The van der Waals surface area contributed by atoms with Crippen LogP contribution in [0, 0.1) is 5.92 Å². The summed E-state index contributed by atoms with van der Waals surface area (Å²) in [4.78, 5) is 0. The van der Waals surface area contributed by atoms with E-state index in [1.165, 1.54) is 29.4 Å². The summed E-state index contributed by atoms with van der Waals surface area (Å²) in [6, 6.07) is 10.7. The van der Waals surface area contributed by atoms with E-state index in [9.17, 15) is 0 Å². The average Bonchev–Trinajstić information content (AvgIpc) is 3.04. The molecule has 0 spiro atoms. The SMILES string of the molecule is OCCc1cc2ccccc2n1CC1CC1. The molecule has 1 aromatic carbocycles. The zero-order valence-electron chi connectivity index (χ0n) is 9.39. The van der Waals surface area contributed by atoms with Crippen LogP contribution in [-0.2, 0) is 13.0 Å². The fraction of sp³-hybridized carbons (Fsp3) is 0.429. The molecule has 1 fully saturated rings. The minimum Gasteiger partial charge on any atom is -0.396 e. The zero-order valence-corrected chi connectivity index (χ0v) is 9.39. The number of hydrogen-bond acceptors (Lipinski definition) is 1. The van der Waals surface area contributed by atoms with E-state index < -0.39 is 0 Å². The lowest BCUT2D eigenvalue weighted by Crippen LogP contribution is -2.05. The zero-order chi connectivity index (χ0) is 11.0. The van der Waals surface area contributed by atoms with Gasteiger partial charge in [0.15, 0.2) is 0 Å². The largest absolute Gasteiger partial charge is 0.396 e. The Morgan fingerprint density at radius 1 is 1.25 bits per heavy atom. The number of para-hydroxylation sites is 1. The topological polar surface area (TPSA) is 25.2 Å². The maximum Gasteiger partial charge on any atom is 0.0485 e. The molecule has 0 amide bonds. The van der Waals surface area contributed by atoms with Crippen molar-refractivity contribution in [1.29, 1.82) is 0 Å². The monoisotopic (exact) mass is 215 g/mol. The van der Waals surface area contributed by atoms with Crippen molar-refractivity contribution in [2.75, 3.05) is 6.61 Å². The fourth-order valence-electron chi connectivity index (χ4n) is 2.36. The Hall–Kier alpha value is -1.28. The molecule has 0 radical (unpaired) electrons. The number of aromatic nitrogens is 1. The Bertz CT molecular complexity index is 496. The van der Waals surface area contributed by atoms with Crippen molar-refractivity contribution >= 4 is 10.9 Å². The summed E-state index contributed by atoms with van der Waals surface area (Å²) >= 11 is 0. The molecule has 1 aliphatic carbocycles. The maximum absolute atomic E-state index is 9.11. The fourth-order valence-corrected chi connectivity index (χ4v) is 2.36. The van der Waals surface area contributed by atoms with Crippen molar-refractivity contribution in [3.05, 3.63) is 36.0 Å². The van der Waals surface area contributed by atoms with Crippen molar-refractivity contribution in [3.8, 4) is 0 Å². The summed E-state index contributed by atoms with van der Waals surface area (Å²) in [7, 11) is 0. The number of aliphatic hydroxyl groups excluding tert-OH is 1. The molecule has 84 valence electrons. The van der Waals surface area contributed by atoms with Gasteiger partial charge in [-0.15, -0.1) is 0 Å². The van der Waals surface area contributed by atoms with Crippen LogP contribution in [0.2, 0.25) is 0 Å². The summed E-state index contributed by atoms with van der Waals surface area (Å²) in [6.45, 7) is 1.36. The molecule has 1 aliphatic rings. The highest BCUT2D eigenvalue weighted by molar-refractivity contribution is 5.81. The van der Waals surface area contributed by atoms with Gasteiger partial charge >= 0.3 is 0 Å². The third-order valence-electron chi connectivity index (χ3n) is 3.40. The van der Waals surface area contributed by atoms with Gasteiger partial charge in [-0.2, -0.15) is 0 Å². The molecule has 2 nitrogen and oxygen atoms in total. The van der Waals surface area contributed by atoms with Gasteiger partial charge in [0.25, 0.3) is 0 Å². The standard InChI is InChI=1S/C14H17NO/c16-8-7-13-9-12-3-1-2-4-14(12)15(13)10-11-5-6-11/h1-4,9,11,16H,5-8,10H2. The van der Waals surface area contributed by atoms with Gasteiger partial charge in [-0.3, -0.25) is 0 Å². The molecule has 0 bridgehead atoms. The molecule has 1 N–H and O–H groups in total. The Balaban J connectivity index is 2.06. The summed E-state index contributed by atoms with van der Waals surface area (Å²) in [5.41, 5.74) is 2.59. The highest BCUT2D eigenvalue weighted by Crippen LogP contribution is 2.33. The maximum atomic E-state index is 9.11. The van der Waals surface area contributed by atoms with Gasteiger partial charge < -0.3 is 9.67 Å². The van der Waals surface area contributed by atoms with Gasteiger partial charge in [-0.05, 0) is 36.3 Å². The number of nitrogens with zero attached hydrogens (tertiary/aromatic N) is 1. The van der Waals surface area contributed by atoms with Crippen LogP contribution in [0.5, 0.6) is 0 Å². The van der Waals surface area contributed by atoms with Crippen molar-refractivity contribution < 1.29 is 5.11 Å². The highest BCUT2D eigenvalue weighted by atomic mass is 16.3. The first-order valence-electron chi connectivity index (χ1n) is 6.06. The minimum atomic E-state index is 0.237. The molecular formula is C14H17NO. The second-order valence-corrected chi connectivity index (χ2v) is 4.72. The number of hydrogen-bond donors (Lipinski definition) is 1. The minimum absolute atomic E-state index is 0.237. The van der Waals surface area contributed by atoms with Crippen LogP contribution in [0.3, 0.4) is 0 Å². The highest BCUT2D eigenvalue weighted by Gasteiger charge is 2.23. The normalized spacial score (nSPS) is 15.8. The number of rotatable bonds is 4. The lowest BCUT2D eigenvalue weighted by Gasteiger charge is -2.09. The second-order valence-electron chi connectivity index (χ2n) is 4.72. The second kappa shape index (κ2) is 3.95. The van der Waals surface area contributed by atoms with Gasteiger partial charge in [0.1, 0.15) is 0 Å². The summed E-state index contributed by atoms with van der Waals surface area (Å²) in [6.07, 6.45) is 3.50. The molecule has 2 aromatic rings. The summed E-state index contributed by atoms with van der Waals surface area (Å²) < 4.78 is 2.39. The van der Waals surface area contributed by atoms with E-state index in [-0.39, 0.29) is 6.61 Å². The van der Waals surface area contributed by atoms with Gasteiger partial charge in [0.2, 0.25) is 0 Å². The molecule has 0 saturated heterocycles. The average molecular weight is 215 g/mol. The predicted molar refractivity (Wildman–Crippen MR) is 65.5 cm³/mol.